The number of carbonyl (C=O) groups excluding carboxylic acids is 2. The van der Waals surface area contributed by atoms with Gasteiger partial charge in [-0.3, -0.25) is 0 Å². The van der Waals surface area contributed by atoms with Crippen LogP contribution in [0.2, 0.25) is 0 Å². The first-order valence-electron chi connectivity index (χ1n) is 9.73. The Balaban J connectivity index is 0. The van der Waals surface area contributed by atoms with Crippen molar-refractivity contribution in [3.05, 3.63) is 24.3 Å². The van der Waals surface area contributed by atoms with Crippen molar-refractivity contribution >= 4 is 18.0 Å². The quantitative estimate of drug-likeness (QED) is 0.259. The molecule has 0 bridgehead atoms. The molecule has 1 aromatic heterocycles. The van der Waals surface area contributed by atoms with E-state index in [0.717, 1.165) is 25.3 Å². The number of aliphatic hydroxyl groups excluding tert-OH is 1. The first-order chi connectivity index (χ1) is 13.0. The van der Waals surface area contributed by atoms with Gasteiger partial charge in [0.2, 0.25) is 0 Å². The molecule has 8 heteroatoms. The van der Waals surface area contributed by atoms with Crippen molar-refractivity contribution in [2.24, 2.45) is 0 Å². The minimum absolute atomic E-state index is 0. The van der Waals surface area contributed by atoms with Gasteiger partial charge in [-0.2, -0.15) is 0 Å². The van der Waals surface area contributed by atoms with Gasteiger partial charge in [-0.1, -0.05) is 71.1 Å². The van der Waals surface area contributed by atoms with E-state index in [2.05, 4.69) is 16.9 Å². The topological polar surface area (TPSA) is 129 Å². The molecule has 0 aliphatic carbocycles. The summed E-state index contributed by atoms with van der Waals surface area (Å²) in [6.45, 7) is 2.22. The molecule has 1 rings (SSSR count). The second-order valence-corrected chi connectivity index (χ2v) is 6.46. The average molecular weight is 435 g/mol. The summed E-state index contributed by atoms with van der Waals surface area (Å²) in [5, 5.41) is 29.1. The normalized spacial score (nSPS) is 11.4. The Bertz CT molecular complexity index is 521. The van der Waals surface area contributed by atoms with Crippen molar-refractivity contribution in [2.45, 2.75) is 83.7 Å². The Morgan fingerprint density at radius 1 is 1.07 bits per heavy atom. The number of aromatic amines is 1. The molecule has 0 fully saturated rings. The molecule has 1 unspecified atom stereocenters. The van der Waals surface area contributed by atoms with Gasteiger partial charge in [-0.15, -0.1) is 0 Å². The molecule has 159 valence electrons. The Morgan fingerprint density at radius 2 is 1.61 bits per heavy atom. The molecule has 0 aliphatic rings. The van der Waals surface area contributed by atoms with Crippen LogP contribution in [0.15, 0.2) is 18.6 Å². The number of carbonyl (C=O) groups is 2. The van der Waals surface area contributed by atoms with Crippen LogP contribution in [0.5, 0.6) is 0 Å². The molecule has 0 aliphatic heterocycles. The van der Waals surface area contributed by atoms with Gasteiger partial charge in [0.1, 0.15) is 0 Å². The fourth-order valence-electron chi connectivity index (χ4n) is 2.46. The summed E-state index contributed by atoms with van der Waals surface area (Å²) < 4.78 is 0. The molecule has 0 saturated carbocycles. The summed E-state index contributed by atoms with van der Waals surface area (Å²) in [5.74, 6) is -2.56. The number of nitrogens with zero attached hydrogens (tertiary/aromatic N) is 1. The zero-order valence-electron chi connectivity index (χ0n) is 16.6. The van der Waals surface area contributed by atoms with Crippen LogP contribution >= 0.6 is 0 Å². The monoisotopic (exact) mass is 435 g/mol. The van der Waals surface area contributed by atoms with Crippen LogP contribution in [0.3, 0.4) is 0 Å². The fourth-order valence-corrected chi connectivity index (χ4v) is 2.46. The van der Waals surface area contributed by atoms with Crippen molar-refractivity contribution in [3.8, 4) is 0 Å². The molecular weight excluding hydrogens is 403 g/mol. The Hall–Kier alpha value is -1.63. The number of nitrogens with one attached hydrogen (secondary N) is 1. The fraction of sp³-hybridized carbons (Fsp3) is 0.650. The Morgan fingerprint density at radius 3 is 2.04 bits per heavy atom. The smallest absolute Gasteiger partial charge is 0.547 e. The zero-order chi connectivity index (χ0) is 20.3. The first-order valence-corrected chi connectivity index (χ1v) is 9.73. The molecule has 1 radical (unpaired) electrons. The van der Waals surface area contributed by atoms with Crippen molar-refractivity contribution in [3.63, 3.8) is 0 Å². The van der Waals surface area contributed by atoms with Gasteiger partial charge in [-0.05, 0) is 18.6 Å². The number of aromatic nitrogens is 2. The molecule has 28 heavy (non-hydrogen) atoms. The summed E-state index contributed by atoms with van der Waals surface area (Å²) in [6, 6.07) is 0. The third-order valence-electron chi connectivity index (χ3n) is 4.02. The van der Waals surface area contributed by atoms with Crippen LogP contribution in [0.1, 0.15) is 83.2 Å². The number of unbranched alkanes of at least 4 members (excludes halogenated alkanes) is 9. The number of H-pyrrole nitrogens is 1. The number of rotatable bonds is 14. The molecule has 7 nitrogen and oxygen atoms in total. The first kappa shape index (κ1) is 28.6. The van der Waals surface area contributed by atoms with E-state index in [1.807, 2.05) is 0 Å². The second kappa shape index (κ2) is 20.1. The molecule has 2 N–H and O–H groups in total. The second-order valence-electron chi connectivity index (χ2n) is 6.46. The third kappa shape index (κ3) is 19.1. The number of carboxylic acid groups (broad SMARTS) is 2. The minimum atomic E-state index is -1.35. The molecule has 0 saturated heterocycles. The molecule has 1 heterocycles. The SMILES string of the molecule is CCCCCCCCCCCCC(O)C(=O)[O-].O=C([O-])C=Cc1cnc[nH]1.[Mn+2]. The summed E-state index contributed by atoms with van der Waals surface area (Å²) in [5.41, 5.74) is 0.643. The number of hydrogen-bond donors (Lipinski definition) is 2. The van der Waals surface area contributed by atoms with E-state index >= 15 is 0 Å². The van der Waals surface area contributed by atoms with Gasteiger partial charge in [0.15, 0.2) is 0 Å². The van der Waals surface area contributed by atoms with Crippen LogP contribution in [-0.2, 0) is 26.7 Å². The van der Waals surface area contributed by atoms with Gasteiger partial charge in [0.05, 0.1) is 36.3 Å². The van der Waals surface area contributed by atoms with Crippen molar-refractivity contribution < 1.29 is 42.0 Å². The number of aliphatic carboxylic acids is 2. The van der Waals surface area contributed by atoms with Crippen molar-refractivity contribution in [1.82, 2.24) is 9.97 Å². The zero-order valence-corrected chi connectivity index (χ0v) is 17.8. The number of hydrogen-bond acceptors (Lipinski definition) is 6. The minimum Gasteiger partial charge on any atom is -0.547 e. The predicted molar refractivity (Wildman–Crippen MR) is 100 cm³/mol. The standard InChI is InChI=1S/C14H28O3.C6H6N2O2.Mn/c1-2-3-4-5-6-7-8-9-10-11-12-13(15)14(16)17;9-6(10)2-1-5-3-7-4-8-5;/h13,15H,2-12H2,1H3,(H,16,17);1-4H,(H,7,8)(H,9,10);/q;;+2/p-2. The van der Waals surface area contributed by atoms with Crippen LogP contribution in [0, 0.1) is 0 Å². The number of carboxylic acids is 2. The van der Waals surface area contributed by atoms with Gasteiger partial charge in [0.25, 0.3) is 0 Å². The number of aliphatic hydroxyl groups is 1. The van der Waals surface area contributed by atoms with E-state index in [-0.39, 0.29) is 17.1 Å². The van der Waals surface area contributed by atoms with Gasteiger partial charge < -0.3 is 29.9 Å². The van der Waals surface area contributed by atoms with E-state index in [0.29, 0.717) is 12.1 Å². The molecule has 1 aromatic rings. The maximum atomic E-state index is 10.2. The predicted octanol–water partition coefficient (Wildman–Crippen LogP) is 1.58. The summed E-state index contributed by atoms with van der Waals surface area (Å²) in [4.78, 5) is 26.5. The van der Waals surface area contributed by atoms with Crippen molar-refractivity contribution in [1.29, 1.82) is 0 Å². The van der Waals surface area contributed by atoms with Crippen LogP contribution < -0.4 is 10.2 Å². The number of imidazole rings is 1. The van der Waals surface area contributed by atoms with E-state index in [1.54, 1.807) is 0 Å². The van der Waals surface area contributed by atoms with Gasteiger partial charge >= 0.3 is 17.1 Å². The van der Waals surface area contributed by atoms with Crippen LogP contribution in [0.4, 0.5) is 0 Å². The largest absolute Gasteiger partial charge is 2.00 e. The Labute approximate surface area is 178 Å². The molecular formula is C20H32MnN2O5. The van der Waals surface area contributed by atoms with E-state index in [1.165, 1.54) is 63.5 Å². The summed E-state index contributed by atoms with van der Waals surface area (Å²) >= 11 is 0. The van der Waals surface area contributed by atoms with Crippen LogP contribution in [-0.4, -0.2) is 33.1 Å². The Kier molecular flexibility index (Phi) is 20.5. The summed E-state index contributed by atoms with van der Waals surface area (Å²) in [7, 11) is 0. The molecule has 1 atom stereocenters. The van der Waals surface area contributed by atoms with E-state index < -0.39 is 18.0 Å². The van der Waals surface area contributed by atoms with Gasteiger partial charge in [0, 0.05) is 0 Å². The van der Waals surface area contributed by atoms with E-state index in [4.69, 9.17) is 5.11 Å². The summed E-state index contributed by atoms with van der Waals surface area (Å²) in [6.07, 6.45) is 16.5. The maximum Gasteiger partial charge on any atom is 2.00 e. The average Bonchev–Trinajstić information content (AvgIpc) is 3.15. The van der Waals surface area contributed by atoms with Gasteiger partial charge in [-0.25, -0.2) is 4.98 Å². The molecule has 0 amide bonds. The molecule has 0 aromatic carbocycles. The third-order valence-corrected chi connectivity index (χ3v) is 4.02. The maximum absolute atomic E-state index is 10.2. The molecule has 0 spiro atoms. The van der Waals surface area contributed by atoms with Crippen LogP contribution in [0.25, 0.3) is 6.08 Å². The van der Waals surface area contributed by atoms with Crippen molar-refractivity contribution in [2.75, 3.05) is 0 Å². The van der Waals surface area contributed by atoms with E-state index in [9.17, 15) is 19.8 Å².